The van der Waals surface area contributed by atoms with Gasteiger partial charge in [0.15, 0.2) is 5.82 Å². The van der Waals surface area contributed by atoms with Crippen LogP contribution < -0.4 is 15.0 Å². The molecule has 0 aliphatic carbocycles. The lowest BCUT2D eigenvalue weighted by molar-refractivity contribution is 0.0948. The van der Waals surface area contributed by atoms with Gasteiger partial charge < -0.3 is 15.0 Å². The molecule has 0 unspecified atom stereocenters. The maximum Gasteiger partial charge on any atom is 0.256 e. The molecule has 6 nitrogen and oxygen atoms in total. The van der Waals surface area contributed by atoms with E-state index in [2.05, 4.69) is 53.3 Å². The largest absolute Gasteiger partial charge is 0.497 e. The van der Waals surface area contributed by atoms with E-state index < -0.39 is 0 Å². The van der Waals surface area contributed by atoms with Gasteiger partial charge >= 0.3 is 0 Å². The Balaban J connectivity index is 1.70. The summed E-state index contributed by atoms with van der Waals surface area (Å²) >= 11 is 0. The van der Waals surface area contributed by atoms with E-state index in [1.54, 1.807) is 13.3 Å². The number of carbonyl (C=O) groups is 1. The Labute approximate surface area is 183 Å². The molecule has 0 bridgehead atoms. The number of carbonyl (C=O) groups excluding carboxylic acids is 1. The van der Waals surface area contributed by atoms with Crippen molar-refractivity contribution in [3.05, 3.63) is 71.4 Å². The molecule has 1 aliphatic rings. The van der Waals surface area contributed by atoms with E-state index >= 15 is 0 Å². The number of amides is 1. The zero-order valence-electron chi connectivity index (χ0n) is 18.3. The van der Waals surface area contributed by atoms with Crippen molar-refractivity contribution in [2.75, 3.05) is 25.1 Å². The van der Waals surface area contributed by atoms with Gasteiger partial charge in [0.2, 0.25) is 0 Å². The molecule has 2 heterocycles. The Kier molecular flexibility index (Phi) is 6.16. The van der Waals surface area contributed by atoms with E-state index in [1.807, 2.05) is 24.3 Å². The first kappa shape index (κ1) is 20.8. The minimum absolute atomic E-state index is 0.135. The Bertz CT molecular complexity index is 1060. The van der Waals surface area contributed by atoms with Crippen molar-refractivity contribution >= 4 is 11.7 Å². The van der Waals surface area contributed by atoms with Crippen molar-refractivity contribution in [1.82, 2.24) is 15.3 Å². The number of hydrogen-bond acceptors (Lipinski definition) is 5. The fourth-order valence-electron chi connectivity index (χ4n) is 3.72. The number of fused-ring (bicyclic) bond motifs is 1. The van der Waals surface area contributed by atoms with Crippen LogP contribution in [0.5, 0.6) is 5.75 Å². The monoisotopic (exact) mass is 416 g/mol. The normalized spacial score (nSPS) is 13.1. The number of aromatic nitrogens is 2. The molecule has 4 rings (SSSR count). The molecular weight excluding hydrogens is 388 g/mol. The minimum Gasteiger partial charge on any atom is -0.497 e. The van der Waals surface area contributed by atoms with E-state index in [1.165, 1.54) is 11.1 Å². The molecule has 1 N–H and O–H groups in total. The third-order valence-corrected chi connectivity index (χ3v) is 5.46. The smallest absolute Gasteiger partial charge is 0.256 e. The highest BCUT2D eigenvalue weighted by atomic mass is 16.5. The van der Waals surface area contributed by atoms with Crippen molar-refractivity contribution in [1.29, 1.82) is 0 Å². The number of hydrogen-bond donors (Lipinski definition) is 1. The van der Waals surface area contributed by atoms with Crippen LogP contribution in [0.3, 0.4) is 0 Å². The van der Waals surface area contributed by atoms with Gasteiger partial charge in [0.1, 0.15) is 17.1 Å². The molecule has 0 spiro atoms. The molecule has 31 heavy (non-hydrogen) atoms. The number of nitrogens with one attached hydrogen (secondary N) is 1. The second-order valence-electron chi connectivity index (χ2n) is 8.20. The average molecular weight is 417 g/mol. The van der Waals surface area contributed by atoms with Crippen LogP contribution in [0.1, 0.15) is 35.3 Å². The summed E-state index contributed by atoms with van der Waals surface area (Å²) in [6.07, 6.45) is 2.57. The summed E-state index contributed by atoms with van der Waals surface area (Å²) in [6, 6.07) is 16.1. The van der Waals surface area contributed by atoms with E-state index in [0.29, 0.717) is 29.7 Å². The first-order chi connectivity index (χ1) is 15.0. The predicted molar refractivity (Wildman–Crippen MR) is 122 cm³/mol. The molecule has 0 atom stereocenters. The first-order valence-electron chi connectivity index (χ1n) is 10.7. The standard InChI is InChI=1S/C25H28N4O2/c1-17(2)14-27-25(30)22-15-26-23(19-8-10-21(31-3)11-9-19)28-24(22)29-13-12-18-6-4-5-7-20(18)16-29/h4-11,15,17H,12-14,16H2,1-3H3,(H,27,30). The van der Waals surface area contributed by atoms with Crippen LogP contribution in [0.15, 0.2) is 54.7 Å². The van der Waals surface area contributed by atoms with Crippen LogP contribution in [0.4, 0.5) is 5.82 Å². The fourth-order valence-corrected chi connectivity index (χ4v) is 3.72. The topological polar surface area (TPSA) is 67.3 Å². The second kappa shape index (κ2) is 9.16. The molecule has 1 aliphatic heterocycles. The fraction of sp³-hybridized carbons (Fsp3) is 0.320. The maximum absolute atomic E-state index is 13.0. The maximum atomic E-state index is 13.0. The van der Waals surface area contributed by atoms with E-state index in [9.17, 15) is 4.79 Å². The molecule has 0 radical (unpaired) electrons. The number of nitrogens with zero attached hydrogens (tertiary/aromatic N) is 3. The molecule has 1 amide bonds. The lowest BCUT2D eigenvalue weighted by Crippen LogP contribution is -2.35. The van der Waals surface area contributed by atoms with Crippen molar-refractivity contribution in [3.8, 4) is 17.1 Å². The van der Waals surface area contributed by atoms with Crippen LogP contribution in [0.2, 0.25) is 0 Å². The van der Waals surface area contributed by atoms with Gasteiger partial charge in [-0.15, -0.1) is 0 Å². The lowest BCUT2D eigenvalue weighted by Gasteiger charge is -2.31. The first-order valence-corrected chi connectivity index (χ1v) is 10.7. The van der Waals surface area contributed by atoms with Gasteiger partial charge in [0.05, 0.1) is 7.11 Å². The summed E-state index contributed by atoms with van der Waals surface area (Å²) in [5, 5.41) is 3.01. The van der Waals surface area contributed by atoms with Gasteiger partial charge in [-0.2, -0.15) is 0 Å². The lowest BCUT2D eigenvalue weighted by atomic mass is 9.99. The third kappa shape index (κ3) is 4.68. The highest BCUT2D eigenvalue weighted by Gasteiger charge is 2.24. The quantitative estimate of drug-likeness (QED) is 0.655. The molecule has 0 saturated heterocycles. The number of rotatable bonds is 6. The number of benzene rings is 2. The molecule has 2 aromatic carbocycles. The summed E-state index contributed by atoms with van der Waals surface area (Å²) < 4.78 is 5.25. The molecule has 1 aromatic heterocycles. The van der Waals surface area contributed by atoms with Crippen molar-refractivity contribution < 1.29 is 9.53 Å². The van der Waals surface area contributed by atoms with E-state index in [0.717, 1.165) is 30.8 Å². The van der Waals surface area contributed by atoms with Crippen molar-refractivity contribution in [3.63, 3.8) is 0 Å². The van der Waals surface area contributed by atoms with Crippen LogP contribution in [-0.4, -0.2) is 36.1 Å². The SMILES string of the molecule is COc1ccc(-c2ncc(C(=O)NCC(C)C)c(N3CCc4ccccc4C3)n2)cc1. The van der Waals surface area contributed by atoms with Crippen LogP contribution >= 0.6 is 0 Å². The Morgan fingerprint density at radius 3 is 2.58 bits per heavy atom. The number of methoxy groups -OCH3 is 1. The van der Waals surface area contributed by atoms with Gasteiger partial charge in [-0.3, -0.25) is 4.79 Å². The van der Waals surface area contributed by atoms with Gasteiger partial charge in [0.25, 0.3) is 5.91 Å². The van der Waals surface area contributed by atoms with Crippen LogP contribution in [-0.2, 0) is 13.0 Å². The van der Waals surface area contributed by atoms with Gasteiger partial charge in [-0.1, -0.05) is 38.1 Å². The summed E-state index contributed by atoms with van der Waals surface area (Å²) in [6.45, 7) is 6.29. The highest BCUT2D eigenvalue weighted by molar-refractivity contribution is 5.99. The molecular formula is C25H28N4O2. The number of ether oxygens (including phenoxy) is 1. The Morgan fingerprint density at radius 2 is 1.87 bits per heavy atom. The Hall–Kier alpha value is -3.41. The van der Waals surface area contributed by atoms with Crippen molar-refractivity contribution in [2.24, 2.45) is 5.92 Å². The van der Waals surface area contributed by atoms with Gasteiger partial charge in [-0.05, 0) is 47.7 Å². The third-order valence-electron chi connectivity index (χ3n) is 5.46. The van der Waals surface area contributed by atoms with Gasteiger partial charge in [-0.25, -0.2) is 9.97 Å². The molecule has 0 fully saturated rings. The molecule has 6 heteroatoms. The van der Waals surface area contributed by atoms with Crippen LogP contribution in [0.25, 0.3) is 11.4 Å². The van der Waals surface area contributed by atoms with E-state index in [-0.39, 0.29) is 5.91 Å². The molecule has 3 aromatic rings. The average Bonchev–Trinajstić information content (AvgIpc) is 2.82. The summed E-state index contributed by atoms with van der Waals surface area (Å²) in [7, 11) is 1.64. The summed E-state index contributed by atoms with van der Waals surface area (Å²) in [4.78, 5) is 24.5. The minimum atomic E-state index is -0.135. The number of anilines is 1. The highest BCUT2D eigenvalue weighted by Crippen LogP contribution is 2.28. The zero-order chi connectivity index (χ0) is 21.8. The predicted octanol–water partition coefficient (Wildman–Crippen LogP) is 4.10. The molecule has 160 valence electrons. The van der Waals surface area contributed by atoms with Gasteiger partial charge in [0, 0.05) is 31.4 Å². The second-order valence-corrected chi connectivity index (χ2v) is 8.20. The summed E-state index contributed by atoms with van der Waals surface area (Å²) in [5.41, 5.74) is 4.02. The Morgan fingerprint density at radius 1 is 1.13 bits per heavy atom. The van der Waals surface area contributed by atoms with Crippen molar-refractivity contribution in [2.45, 2.75) is 26.8 Å². The molecule has 0 saturated carbocycles. The zero-order valence-corrected chi connectivity index (χ0v) is 18.3. The van der Waals surface area contributed by atoms with Crippen LogP contribution in [0, 0.1) is 5.92 Å². The van der Waals surface area contributed by atoms with E-state index in [4.69, 9.17) is 9.72 Å². The summed E-state index contributed by atoms with van der Waals surface area (Å²) in [5.74, 6) is 2.28.